The van der Waals surface area contributed by atoms with Gasteiger partial charge in [0.2, 0.25) is 15.9 Å². The predicted molar refractivity (Wildman–Crippen MR) is 101 cm³/mol. The van der Waals surface area contributed by atoms with Crippen LogP contribution in [-0.2, 0) is 21.4 Å². The van der Waals surface area contributed by atoms with Crippen molar-refractivity contribution in [2.75, 3.05) is 10.6 Å². The van der Waals surface area contributed by atoms with Crippen molar-refractivity contribution in [2.24, 2.45) is 0 Å². The molecule has 0 aromatic heterocycles. The summed E-state index contributed by atoms with van der Waals surface area (Å²) in [6, 6.07) is 13.2. The smallest absolute Gasteiger partial charge is 0.243 e. The van der Waals surface area contributed by atoms with E-state index in [1.807, 2.05) is 31.2 Å². The van der Waals surface area contributed by atoms with Gasteiger partial charge in [0.25, 0.3) is 0 Å². The van der Waals surface area contributed by atoms with Gasteiger partial charge in [0.1, 0.15) is 6.04 Å². The minimum atomic E-state index is -3.61. The first-order chi connectivity index (χ1) is 11.7. The second kappa shape index (κ2) is 7.89. The predicted octanol–water partition coefficient (Wildman–Crippen LogP) is 3.12. The number of carbonyl (C=O) groups excluding carboxylic acids is 1. The first kappa shape index (κ1) is 19.3. The monoisotopic (exact) mass is 380 g/mol. The van der Waals surface area contributed by atoms with Crippen molar-refractivity contribution < 1.29 is 13.2 Å². The molecule has 0 saturated heterocycles. The summed E-state index contributed by atoms with van der Waals surface area (Å²) in [5.74, 6) is -0.374. The van der Waals surface area contributed by atoms with Crippen LogP contribution >= 0.6 is 11.6 Å². The normalized spacial score (nSPS) is 12.5. The van der Waals surface area contributed by atoms with Crippen molar-refractivity contribution in [3.05, 3.63) is 64.7 Å². The Balaban J connectivity index is 2.15. The third-order valence-corrected chi connectivity index (χ3v) is 5.25. The summed E-state index contributed by atoms with van der Waals surface area (Å²) in [6.45, 7) is 3.78. The van der Waals surface area contributed by atoms with E-state index >= 15 is 0 Å². The molecule has 1 amide bonds. The summed E-state index contributed by atoms with van der Waals surface area (Å²) < 4.78 is 25.5. The van der Waals surface area contributed by atoms with E-state index < -0.39 is 16.1 Å². The third kappa shape index (κ3) is 5.21. The molecule has 1 atom stereocenters. The van der Waals surface area contributed by atoms with Gasteiger partial charge < -0.3 is 5.32 Å². The van der Waals surface area contributed by atoms with Gasteiger partial charge in [-0.3, -0.25) is 9.10 Å². The summed E-state index contributed by atoms with van der Waals surface area (Å²) in [5, 5.41) is 3.38. The van der Waals surface area contributed by atoms with Gasteiger partial charge in [0.05, 0.1) is 11.9 Å². The van der Waals surface area contributed by atoms with Crippen LogP contribution in [0.25, 0.3) is 0 Å². The number of carbonyl (C=O) groups is 1. The number of rotatable bonds is 6. The Kier molecular flexibility index (Phi) is 6.08. The minimum absolute atomic E-state index is 0.297. The fourth-order valence-corrected chi connectivity index (χ4v) is 3.74. The summed E-state index contributed by atoms with van der Waals surface area (Å²) in [5.41, 5.74) is 2.35. The maximum absolute atomic E-state index is 12.5. The molecule has 25 heavy (non-hydrogen) atoms. The van der Waals surface area contributed by atoms with E-state index in [1.54, 1.807) is 31.2 Å². The SMILES string of the molecule is Cc1ccc(N([C@@H](C)C(=O)NCc2ccc(Cl)cc2)S(C)(=O)=O)cc1. The van der Waals surface area contributed by atoms with E-state index in [4.69, 9.17) is 11.6 Å². The molecule has 0 aliphatic heterocycles. The number of hydrogen-bond donors (Lipinski definition) is 1. The zero-order valence-corrected chi connectivity index (χ0v) is 15.9. The Morgan fingerprint density at radius 3 is 2.20 bits per heavy atom. The number of anilines is 1. The highest BCUT2D eigenvalue weighted by Crippen LogP contribution is 2.21. The van der Waals surface area contributed by atoms with E-state index in [0.29, 0.717) is 17.3 Å². The lowest BCUT2D eigenvalue weighted by Crippen LogP contribution is -2.47. The van der Waals surface area contributed by atoms with Gasteiger partial charge in [-0.1, -0.05) is 41.4 Å². The molecule has 0 unspecified atom stereocenters. The van der Waals surface area contributed by atoms with Crippen LogP contribution in [-0.4, -0.2) is 26.6 Å². The summed E-state index contributed by atoms with van der Waals surface area (Å²) >= 11 is 5.83. The number of amides is 1. The highest BCUT2D eigenvalue weighted by Gasteiger charge is 2.28. The molecule has 0 radical (unpaired) electrons. The van der Waals surface area contributed by atoms with Crippen molar-refractivity contribution in [1.82, 2.24) is 5.32 Å². The fourth-order valence-electron chi connectivity index (χ4n) is 2.44. The van der Waals surface area contributed by atoms with Crippen molar-refractivity contribution in [2.45, 2.75) is 26.4 Å². The average molecular weight is 381 g/mol. The van der Waals surface area contributed by atoms with Gasteiger partial charge >= 0.3 is 0 Å². The van der Waals surface area contributed by atoms with Crippen LogP contribution in [0.2, 0.25) is 5.02 Å². The van der Waals surface area contributed by atoms with Crippen LogP contribution in [0.5, 0.6) is 0 Å². The first-order valence-corrected chi connectivity index (χ1v) is 9.99. The molecule has 0 aliphatic carbocycles. The lowest BCUT2D eigenvalue weighted by Gasteiger charge is -2.28. The highest BCUT2D eigenvalue weighted by atomic mass is 35.5. The molecule has 0 bridgehead atoms. The van der Waals surface area contributed by atoms with Crippen molar-refractivity contribution in [3.63, 3.8) is 0 Å². The van der Waals surface area contributed by atoms with Gasteiger partial charge in [0, 0.05) is 11.6 Å². The fraction of sp³-hybridized carbons (Fsp3) is 0.278. The number of halogens is 1. The van der Waals surface area contributed by atoms with E-state index in [-0.39, 0.29) is 5.91 Å². The lowest BCUT2D eigenvalue weighted by molar-refractivity contribution is -0.122. The first-order valence-electron chi connectivity index (χ1n) is 7.76. The minimum Gasteiger partial charge on any atom is -0.350 e. The highest BCUT2D eigenvalue weighted by molar-refractivity contribution is 7.92. The maximum Gasteiger partial charge on any atom is 0.243 e. The van der Waals surface area contributed by atoms with E-state index in [1.165, 1.54) is 0 Å². The molecule has 134 valence electrons. The number of benzene rings is 2. The van der Waals surface area contributed by atoms with Gasteiger partial charge in [-0.15, -0.1) is 0 Å². The Bertz CT molecular complexity index is 834. The van der Waals surface area contributed by atoms with E-state index in [9.17, 15) is 13.2 Å². The zero-order chi connectivity index (χ0) is 18.6. The van der Waals surface area contributed by atoms with Crippen molar-refractivity contribution >= 4 is 33.2 Å². The quantitative estimate of drug-likeness (QED) is 0.837. The van der Waals surface area contributed by atoms with Gasteiger partial charge in [-0.25, -0.2) is 8.42 Å². The van der Waals surface area contributed by atoms with Gasteiger partial charge in [-0.05, 0) is 43.7 Å². The molecular formula is C18H21ClN2O3S. The summed E-state index contributed by atoms with van der Waals surface area (Å²) in [7, 11) is -3.61. The van der Waals surface area contributed by atoms with Crippen LogP contribution < -0.4 is 9.62 Å². The van der Waals surface area contributed by atoms with E-state index in [2.05, 4.69) is 5.32 Å². The molecule has 1 N–H and O–H groups in total. The number of hydrogen-bond acceptors (Lipinski definition) is 3. The number of nitrogens with one attached hydrogen (secondary N) is 1. The summed E-state index contributed by atoms with van der Waals surface area (Å²) in [6.07, 6.45) is 1.09. The molecule has 0 spiro atoms. The molecule has 0 saturated carbocycles. The topological polar surface area (TPSA) is 66.5 Å². The Hall–Kier alpha value is -2.05. The van der Waals surface area contributed by atoms with Crippen LogP contribution in [0, 0.1) is 6.92 Å². The zero-order valence-electron chi connectivity index (χ0n) is 14.4. The van der Waals surface area contributed by atoms with Gasteiger partial charge in [0.15, 0.2) is 0 Å². The van der Waals surface area contributed by atoms with Gasteiger partial charge in [-0.2, -0.15) is 0 Å². The molecule has 2 aromatic carbocycles. The van der Waals surface area contributed by atoms with Crippen LogP contribution in [0.4, 0.5) is 5.69 Å². The molecule has 0 fully saturated rings. The molecular weight excluding hydrogens is 360 g/mol. The number of sulfonamides is 1. The Morgan fingerprint density at radius 2 is 1.68 bits per heavy atom. The molecule has 0 aliphatic rings. The third-order valence-electron chi connectivity index (χ3n) is 3.76. The number of nitrogens with zero attached hydrogens (tertiary/aromatic N) is 1. The second-order valence-electron chi connectivity index (χ2n) is 5.91. The Morgan fingerprint density at radius 1 is 1.12 bits per heavy atom. The van der Waals surface area contributed by atoms with Crippen molar-refractivity contribution in [1.29, 1.82) is 0 Å². The van der Waals surface area contributed by atoms with Crippen LogP contribution in [0.15, 0.2) is 48.5 Å². The maximum atomic E-state index is 12.5. The largest absolute Gasteiger partial charge is 0.350 e. The van der Waals surface area contributed by atoms with Crippen LogP contribution in [0.3, 0.4) is 0 Å². The molecule has 7 heteroatoms. The summed E-state index contributed by atoms with van der Waals surface area (Å²) in [4.78, 5) is 12.5. The van der Waals surface area contributed by atoms with Crippen LogP contribution in [0.1, 0.15) is 18.1 Å². The average Bonchev–Trinajstić information content (AvgIpc) is 2.54. The molecule has 5 nitrogen and oxygen atoms in total. The standard InChI is InChI=1S/C18H21ClN2O3S/c1-13-4-10-17(11-5-13)21(25(3,23)24)14(2)18(22)20-12-15-6-8-16(19)9-7-15/h4-11,14H,12H2,1-3H3,(H,20,22)/t14-/m0/s1. The molecule has 0 heterocycles. The second-order valence-corrected chi connectivity index (χ2v) is 8.21. The number of aryl methyl sites for hydroxylation is 1. The molecule has 2 aromatic rings. The lowest BCUT2D eigenvalue weighted by atomic mass is 10.2. The van der Waals surface area contributed by atoms with E-state index in [0.717, 1.165) is 21.7 Å². The van der Waals surface area contributed by atoms with Crippen molar-refractivity contribution in [3.8, 4) is 0 Å². The Labute approximate surface area is 153 Å². The molecule has 2 rings (SSSR count).